The van der Waals surface area contributed by atoms with Gasteiger partial charge in [0.2, 0.25) is 5.91 Å². The van der Waals surface area contributed by atoms with E-state index in [2.05, 4.69) is 15.3 Å². The maximum absolute atomic E-state index is 11.9. The van der Waals surface area contributed by atoms with Crippen LogP contribution in [0.5, 0.6) is 5.75 Å². The molecule has 5 nitrogen and oxygen atoms in total. The number of rotatable bonds is 6. The number of carbonyl (C=O) groups excluding carboxylic acids is 1. The third-order valence-corrected chi connectivity index (χ3v) is 3.76. The summed E-state index contributed by atoms with van der Waals surface area (Å²) in [6.07, 6.45) is 4.75. The van der Waals surface area contributed by atoms with Crippen molar-refractivity contribution in [3.05, 3.63) is 60.0 Å². The SMILES string of the molecule is COc1ccc2[nH]cc(CCNC(=O)Cc3ccccn3)c2c1. The minimum Gasteiger partial charge on any atom is -0.497 e. The molecule has 2 heterocycles. The van der Waals surface area contributed by atoms with Gasteiger partial charge in [-0.15, -0.1) is 0 Å². The molecule has 0 unspecified atom stereocenters. The van der Waals surface area contributed by atoms with Crippen LogP contribution >= 0.6 is 0 Å². The highest BCUT2D eigenvalue weighted by molar-refractivity contribution is 5.84. The van der Waals surface area contributed by atoms with E-state index >= 15 is 0 Å². The molecule has 0 bridgehead atoms. The van der Waals surface area contributed by atoms with E-state index in [1.54, 1.807) is 13.3 Å². The van der Waals surface area contributed by atoms with Gasteiger partial charge in [0.05, 0.1) is 13.5 Å². The summed E-state index contributed by atoms with van der Waals surface area (Å²) < 4.78 is 5.27. The molecule has 0 fully saturated rings. The normalized spacial score (nSPS) is 10.7. The second-order valence-corrected chi connectivity index (χ2v) is 5.32. The number of amides is 1. The summed E-state index contributed by atoms with van der Waals surface area (Å²) in [6.45, 7) is 0.593. The lowest BCUT2D eigenvalue weighted by molar-refractivity contribution is -0.120. The third-order valence-electron chi connectivity index (χ3n) is 3.76. The number of hydrogen-bond donors (Lipinski definition) is 2. The number of H-pyrrole nitrogens is 1. The van der Waals surface area contributed by atoms with E-state index in [4.69, 9.17) is 4.74 Å². The first-order chi connectivity index (χ1) is 11.3. The molecular weight excluding hydrogens is 290 g/mol. The molecule has 0 aliphatic rings. The number of benzene rings is 1. The van der Waals surface area contributed by atoms with Crippen LogP contribution in [0.2, 0.25) is 0 Å². The summed E-state index contributed by atoms with van der Waals surface area (Å²) >= 11 is 0. The highest BCUT2D eigenvalue weighted by Crippen LogP contribution is 2.23. The predicted molar refractivity (Wildman–Crippen MR) is 89.5 cm³/mol. The van der Waals surface area contributed by atoms with Crippen molar-refractivity contribution in [2.24, 2.45) is 0 Å². The number of nitrogens with one attached hydrogen (secondary N) is 2. The van der Waals surface area contributed by atoms with Gasteiger partial charge in [-0.25, -0.2) is 0 Å². The Bertz CT molecular complexity index is 796. The first-order valence-electron chi connectivity index (χ1n) is 7.57. The molecule has 1 amide bonds. The quantitative estimate of drug-likeness (QED) is 0.735. The fourth-order valence-corrected chi connectivity index (χ4v) is 2.56. The Morgan fingerprint density at radius 3 is 3.00 bits per heavy atom. The Morgan fingerprint density at radius 2 is 2.22 bits per heavy atom. The number of carbonyl (C=O) groups is 1. The van der Waals surface area contributed by atoms with Crippen LogP contribution in [0.25, 0.3) is 10.9 Å². The molecular formula is C18H19N3O2. The molecule has 3 aromatic rings. The molecule has 1 aromatic carbocycles. The lowest BCUT2D eigenvalue weighted by Crippen LogP contribution is -2.27. The molecule has 2 N–H and O–H groups in total. The Hall–Kier alpha value is -2.82. The van der Waals surface area contributed by atoms with Gasteiger partial charge in [0.25, 0.3) is 0 Å². The van der Waals surface area contributed by atoms with Crippen molar-refractivity contribution >= 4 is 16.8 Å². The minimum atomic E-state index is -0.0129. The van der Waals surface area contributed by atoms with Gasteiger partial charge in [-0.3, -0.25) is 9.78 Å². The molecule has 23 heavy (non-hydrogen) atoms. The van der Waals surface area contributed by atoms with Crippen molar-refractivity contribution in [3.8, 4) is 5.75 Å². The molecule has 0 spiro atoms. The average Bonchev–Trinajstić information content (AvgIpc) is 2.98. The van der Waals surface area contributed by atoms with E-state index in [1.807, 2.05) is 42.6 Å². The number of aromatic nitrogens is 2. The molecule has 3 rings (SSSR count). The van der Waals surface area contributed by atoms with Crippen molar-refractivity contribution in [1.82, 2.24) is 15.3 Å². The smallest absolute Gasteiger partial charge is 0.226 e. The summed E-state index contributed by atoms with van der Waals surface area (Å²) in [5.74, 6) is 0.818. The van der Waals surface area contributed by atoms with Crippen LogP contribution in [-0.2, 0) is 17.6 Å². The van der Waals surface area contributed by atoms with E-state index in [1.165, 1.54) is 0 Å². The highest BCUT2D eigenvalue weighted by atomic mass is 16.5. The van der Waals surface area contributed by atoms with Gasteiger partial charge < -0.3 is 15.0 Å². The molecule has 0 atom stereocenters. The molecule has 0 aliphatic carbocycles. The van der Waals surface area contributed by atoms with Gasteiger partial charge in [0, 0.05) is 35.5 Å². The number of hydrogen-bond acceptors (Lipinski definition) is 3. The van der Waals surface area contributed by atoms with Crippen LogP contribution in [0, 0.1) is 0 Å². The first kappa shape index (κ1) is 15.1. The van der Waals surface area contributed by atoms with E-state index < -0.39 is 0 Å². The van der Waals surface area contributed by atoms with Gasteiger partial charge in [-0.05, 0) is 42.3 Å². The van der Waals surface area contributed by atoms with E-state index in [0.29, 0.717) is 13.0 Å². The first-order valence-corrected chi connectivity index (χ1v) is 7.57. The lowest BCUT2D eigenvalue weighted by Gasteiger charge is -2.05. The summed E-state index contributed by atoms with van der Waals surface area (Å²) in [5.41, 5.74) is 3.01. The van der Waals surface area contributed by atoms with Gasteiger partial charge in [-0.2, -0.15) is 0 Å². The number of pyridine rings is 1. The van der Waals surface area contributed by atoms with Crippen LogP contribution in [0.4, 0.5) is 0 Å². The molecule has 2 aromatic heterocycles. The van der Waals surface area contributed by atoms with Crippen LogP contribution in [0.1, 0.15) is 11.3 Å². The van der Waals surface area contributed by atoms with E-state index in [9.17, 15) is 4.79 Å². The average molecular weight is 309 g/mol. The molecule has 118 valence electrons. The number of fused-ring (bicyclic) bond motifs is 1. The highest BCUT2D eigenvalue weighted by Gasteiger charge is 2.07. The molecule has 0 aliphatic heterocycles. The monoisotopic (exact) mass is 309 g/mol. The van der Waals surface area contributed by atoms with Gasteiger partial charge >= 0.3 is 0 Å². The van der Waals surface area contributed by atoms with Gasteiger partial charge in [0.1, 0.15) is 5.75 Å². The van der Waals surface area contributed by atoms with Crippen molar-refractivity contribution < 1.29 is 9.53 Å². The Morgan fingerprint density at radius 1 is 1.30 bits per heavy atom. The second kappa shape index (κ2) is 6.96. The second-order valence-electron chi connectivity index (χ2n) is 5.32. The summed E-state index contributed by atoms with van der Waals surface area (Å²) in [4.78, 5) is 19.3. The zero-order chi connectivity index (χ0) is 16.1. The van der Waals surface area contributed by atoms with Gasteiger partial charge in [-0.1, -0.05) is 6.07 Å². The van der Waals surface area contributed by atoms with Crippen molar-refractivity contribution in [1.29, 1.82) is 0 Å². The van der Waals surface area contributed by atoms with Crippen LogP contribution in [0.15, 0.2) is 48.8 Å². The maximum atomic E-state index is 11.9. The fraction of sp³-hybridized carbons (Fsp3) is 0.222. The Labute approximate surface area is 134 Å². The third kappa shape index (κ3) is 3.69. The predicted octanol–water partition coefficient (Wildman–Crippen LogP) is 2.47. The molecule has 0 radical (unpaired) electrons. The summed E-state index contributed by atoms with van der Waals surface area (Å²) in [5, 5.41) is 4.07. The lowest BCUT2D eigenvalue weighted by atomic mass is 10.1. The number of ether oxygens (including phenoxy) is 1. The van der Waals surface area contributed by atoms with Crippen LogP contribution in [0.3, 0.4) is 0 Å². The Balaban J connectivity index is 1.57. The van der Waals surface area contributed by atoms with E-state index in [0.717, 1.165) is 34.3 Å². The molecule has 0 saturated carbocycles. The number of aromatic amines is 1. The summed E-state index contributed by atoms with van der Waals surface area (Å²) in [7, 11) is 1.66. The molecule has 0 saturated heterocycles. The van der Waals surface area contributed by atoms with Gasteiger partial charge in [0.15, 0.2) is 0 Å². The van der Waals surface area contributed by atoms with Crippen molar-refractivity contribution in [2.75, 3.05) is 13.7 Å². The zero-order valence-corrected chi connectivity index (χ0v) is 13.0. The van der Waals surface area contributed by atoms with Crippen LogP contribution in [-0.4, -0.2) is 29.5 Å². The maximum Gasteiger partial charge on any atom is 0.226 e. The fourth-order valence-electron chi connectivity index (χ4n) is 2.56. The number of methoxy groups -OCH3 is 1. The molecule has 5 heteroatoms. The van der Waals surface area contributed by atoms with Crippen LogP contribution < -0.4 is 10.1 Å². The topological polar surface area (TPSA) is 67.0 Å². The van der Waals surface area contributed by atoms with E-state index in [-0.39, 0.29) is 5.91 Å². The standard InChI is InChI=1S/C18H19N3O2/c1-23-15-5-6-17-16(11-15)13(12-21-17)7-9-20-18(22)10-14-4-2-3-8-19-14/h2-6,8,11-12,21H,7,9-10H2,1H3,(H,20,22). The largest absolute Gasteiger partial charge is 0.497 e. The summed E-state index contributed by atoms with van der Waals surface area (Å²) in [6, 6.07) is 11.5. The number of nitrogens with zero attached hydrogens (tertiary/aromatic N) is 1. The van der Waals surface area contributed by atoms with Crippen molar-refractivity contribution in [3.63, 3.8) is 0 Å². The Kier molecular flexibility index (Phi) is 4.57. The van der Waals surface area contributed by atoms with Crippen molar-refractivity contribution in [2.45, 2.75) is 12.8 Å². The zero-order valence-electron chi connectivity index (χ0n) is 13.0. The minimum absolute atomic E-state index is 0.0129.